The van der Waals surface area contributed by atoms with E-state index in [1.165, 1.54) is 27.1 Å². The van der Waals surface area contributed by atoms with E-state index in [0.717, 1.165) is 29.1 Å². The van der Waals surface area contributed by atoms with Crippen LogP contribution in [0.15, 0.2) is 71.9 Å². The van der Waals surface area contributed by atoms with Crippen LogP contribution < -0.4 is 10.6 Å². The maximum atomic E-state index is 5.16. The summed E-state index contributed by atoms with van der Waals surface area (Å²) in [5, 5.41) is 6.05. The topological polar surface area (TPSA) is 25.2 Å². The van der Waals surface area contributed by atoms with Gasteiger partial charge in [0.2, 0.25) is 0 Å². The quantitative estimate of drug-likeness (QED) is 0.529. The van der Waals surface area contributed by atoms with Crippen molar-refractivity contribution in [2.24, 2.45) is 4.99 Å². The van der Waals surface area contributed by atoms with Gasteiger partial charge in [-0.25, -0.2) is 0 Å². The van der Waals surface area contributed by atoms with Crippen LogP contribution >= 0.6 is 0 Å². The van der Waals surface area contributed by atoms with Gasteiger partial charge in [0.15, 0.2) is 0 Å². The van der Waals surface area contributed by atoms with E-state index < -0.39 is 0 Å². The maximum absolute atomic E-state index is 5.16. The minimum absolute atomic E-state index is 0.144. The molecule has 0 amide bonds. The van der Waals surface area contributed by atoms with Crippen molar-refractivity contribution in [3.05, 3.63) is 88.6 Å². The smallest absolute Gasteiger partial charge is 0.0960 e. The second-order valence-corrected chi connectivity index (χ2v) is 6.88. The van der Waals surface area contributed by atoms with Crippen molar-refractivity contribution in [2.45, 2.75) is 25.8 Å². The lowest BCUT2D eigenvalue weighted by atomic mass is 9.92. The average Bonchev–Trinajstić information content (AvgIpc) is 2.72. The first kappa shape index (κ1) is 15.3. The van der Waals surface area contributed by atoms with Crippen molar-refractivity contribution in [3.63, 3.8) is 0 Å². The van der Waals surface area contributed by atoms with Crippen LogP contribution in [0.25, 0.3) is 27.8 Å². The molecule has 1 atom stereocenters. The van der Waals surface area contributed by atoms with Gasteiger partial charge in [-0.2, -0.15) is 0 Å². The fourth-order valence-electron chi connectivity index (χ4n) is 4.07. The average molecular weight is 336 g/mol. The summed E-state index contributed by atoms with van der Waals surface area (Å²) in [6, 6.07) is 21.8. The van der Waals surface area contributed by atoms with Crippen LogP contribution in [-0.2, 0) is 6.42 Å². The fraction of sp³-hybridized carbons (Fsp3) is 0.167. The van der Waals surface area contributed by atoms with E-state index in [1.807, 2.05) is 12.3 Å². The summed E-state index contributed by atoms with van der Waals surface area (Å²) in [6.07, 6.45) is 6.14. The Balaban J connectivity index is 1.76. The maximum Gasteiger partial charge on any atom is 0.0960 e. The minimum Gasteiger partial charge on any atom is -0.274 e. The summed E-state index contributed by atoms with van der Waals surface area (Å²) >= 11 is 0. The molecule has 2 nitrogen and oxygen atoms in total. The first-order valence-corrected chi connectivity index (χ1v) is 9.27. The first-order chi connectivity index (χ1) is 12.8. The highest BCUT2D eigenvalue weighted by molar-refractivity contribution is 5.89. The molecular formula is C24H20N2. The van der Waals surface area contributed by atoms with Crippen molar-refractivity contribution in [2.75, 3.05) is 0 Å². The van der Waals surface area contributed by atoms with Crippen LogP contribution in [0.1, 0.15) is 30.5 Å². The summed E-state index contributed by atoms with van der Waals surface area (Å²) < 4.78 is 0. The van der Waals surface area contributed by atoms with Gasteiger partial charge >= 0.3 is 0 Å². The predicted octanol–water partition coefficient (Wildman–Crippen LogP) is 4.50. The Bertz CT molecular complexity index is 1250. The molecule has 3 aromatic carbocycles. The number of aryl methyl sites for hydroxylation is 1. The summed E-state index contributed by atoms with van der Waals surface area (Å²) in [5.74, 6) is 0. The highest BCUT2D eigenvalue weighted by Crippen LogP contribution is 2.32. The number of nitrogens with zero attached hydrogens (tertiary/aromatic N) is 2. The van der Waals surface area contributed by atoms with Gasteiger partial charge in [-0.3, -0.25) is 9.98 Å². The van der Waals surface area contributed by atoms with Crippen LogP contribution in [0.4, 0.5) is 0 Å². The van der Waals surface area contributed by atoms with Gasteiger partial charge in [-0.15, -0.1) is 0 Å². The number of hydrogen-bond donors (Lipinski definition) is 0. The van der Waals surface area contributed by atoms with Gasteiger partial charge in [0, 0.05) is 11.6 Å². The van der Waals surface area contributed by atoms with E-state index in [2.05, 4.69) is 72.6 Å². The minimum atomic E-state index is 0.144. The van der Waals surface area contributed by atoms with Gasteiger partial charge in [0.1, 0.15) is 0 Å². The van der Waals surface area contributed by atoms with Crippen molar-refractivity contribution in [1.29, 1.82) is 0 Å². The van der Waals surface area contributed by atoms with Crippen LogP contribution in [0.2, 0.25) is 0 Å². The van der Waals surface area contributed by atoms with E-state index in [9.17, 15) is 0 Å². The molecule has 0 aliphatic carbocycles. The standard InChI is InChI=1S/C24H20N2/c1-2-16-11-13-21(20-8-4-3-7-19(16)20)22-14-12-18-10-9-17-6-5-15-25-23(17)24(18)26-22/h3-13,15,22H,2,14H2,1H3. The Morgan fingerprint density at radius 1 is 0.923 bits per heavy atom. The summed E-state index contributed by atoms with van der Waals surface area (Å²) in [7, 11) is 0. The van der Waals surface area contributed by atoms with E-state index in [-0.39, 0.29) is 6.04 Å². The Kier molecular flexibility index (Phi) is 3.56. The molecule has 0 saturated carbocycles. The monoisotopic (exact) mass is 336 g/mol. The molecule has 0 saturated heterocycles. The zero-order chi connectivity index (χ0) is 17.5. The number of benzene rings is 3. The zero-order valence-electron chi connectivity index (χ0n) is 14.8. The Morgan fingerprint density at radius 3 is 2.69 bits per heavy atom. The van der Waals surface area contributed by atoms with Gasteiger partial charge < -0.3 is 0 Å². The van der Waals surface area contributed by atoms with Gasteiger partial charge in [0.05, 0.1) is 16.9 Å². The molecule has 1 aliphatic heterocycles. The molecule has 0 spiro atoms. The Labute approximate surface area is 152 Å². The molecule has 1 aromatic heterocycles. The summed E-state index contributed by atoms with van der Waals surface area (Å²) in [4.78, 5) is 9.75. The lowest BCUT2D eigenvalue weighted by Gasteiger charge is -2.18. The van der Waals surface area contributed by atoms with Crippen molar-refractivity contribution in [3.8, 4) is 0 Å². The van der Waals surface area contributed by atoms with Gasteiger partial charge in [-0.1, -0.05) is 67.6 Å². The summed E-state index contributed by atoms with van der Waals surface area (Å²) in [6.45, 7) is 2.22. The van der Waals surface area contributed by atoms with Crippen LogP contribution in [0.3, 0.4) is 0 Å². The van der Waals surface area contributed by atoms with E-state index in [1.54, 1.807) is 0 Å². The third kappa shape index (κ3) is 2.33. The fourth-order valence-corrected chi connectivity index (χ4v) is 4.07. The third-order valence-corrected chi connectivity index (χ3v) is 5.41. The molecule has 2 heterocycles. The van der Waals surface area contributed by atoms with Crippen molar-refractivity contribution >= 4 is 27.8 Å². The van der Waals surface area contributed by atoms with Crippen LogP contribution in [-0.4, -0.2) is 4.98 Å². The van der Waals surface area contributed by atoms with Crippen LogP contribution in [0.5, 0.6) is 0 Å². The molecule has 1 unspecified atom stereocenters. The van der Waals surface area contributed by atoms with E-state index >= 15 is 0 Å². The third-order valence-electron chi connectivity index (χ3n) is 5.41. The molecule has 4 aromatic rings. The van der Waals surface area contributed by atoms with E-state index in [4.69, 9.17) is 4.99 Å². The normalized spacial score (nSPS) is 16.1. The lowest BCUT2D eigenvalue weighted by molar-refractivity contribution is 0.730. The molecular weight excluding hydrogens is 316 g/mol. The van der Waals surface area contributed by atoms with Crippen molar-refractivity contribution in [1.82, 2.24) is 4.98 Å². The number of hydrogen-bond acceptors (Lipinski definition) is 2. The molecule has 2 heteroatoms. The second kappa shape index (κ2) is 6.06. The van der Waals surface area contributed by atoms with E-state index in [0.29, 0.717) is 0 Å². The number of rotatable bonds is 2. The number of fused-ring (bicyclic) bond motifs is 4. The summed E-state index contributed by atoms with van der Waals surface area (Å²) in [5.41, 5.74) is 3.71. The van der Waals surface area contributed by atoms with Gasteiger partial charge in [-0.05, 0) is 46.0 Å². The first-order valence-electron chi connectivity index (χ1n) is 9.27. The highest BCUT2D eigenvalue weighted by atomic mass is 14.8. The predicted molar refractivity (Wildman–Crippen MR) is 108 cm³/mol. The second-order valence-electron chi connectivity index (χ2n) is 6.88. The molecule has 1 aliphatic rings. The van der Waals surface area contributed by atoms with Gasteiger partial charge in [0.25, 0.3) is 0 Å². The molecule has 126 valence electrons. The highest BCUT2D eigenvalue weighted by Gasteiger charge is 2.16. The molecule has 0 radical (unpaired) electrons. The Hall–Kier alpha value is -3.00. The molecule has 0 bridgehead atoms. The lowest BCUT2D eigenvalue weighted by Crippen LogP contribution is -2.30. The molecule has 5 rings (SSSR count). The number of pyridine rings is 1. The van der Waals surface area contributed by atoms with Crippen molar-refractivity contribution < 1.29 is 0 Å². The number of aromatic nitrogens is 1. The molecule has 0 N–H and O–H groups in total. The Morgan fingerprint density at radius 2 is 1.81 bits per heavy atom. The SMILES string of the molecule is CCc1ccc(C2CC=c3ccc4cccnc4c3=N2)c2ccccc12. The zero-order valence-corrected chi connectivity index (χ0v) is 14.8. The molecule has 26 heavy (non-hydrogen) atoms. The molecule has 0 fully saturated rings. The van der Waals surface area contributed by atoms with Crippen LogP contribution in [0, 0.1) is 0 Å². The largest absolute Gasteiger partial charge is 0.274 e.